The maximum atomic E-state index is 10.7. The first-order chi connectivity index (χ1) is 7.75. The van der Waals surface area contributed by atoms with E-state index in [1.807, 2.05) is 30.3 Å². The van der Waals surface area contributed by atoms with Crippen LogP contribution in [0.4, 0.5) is 0 Å². The topological polar surface area (TPSA) is 68.1 Å². The standard InChI is InChI=1S/C11H12N2O3/c1-8(10-12-13-11(14)16-10)15-7-9-5-3-2-4-6-9/h2-6,8H,7H2,1H3,(H,13,14). The molecule has 1 aromatic heterocycles. The molecule has 0 aliphatic carbocycles. The number of ether oxygens (including phenoxy) is 1. The summed E-state index contributed by atoms with van der Waals surface area (Å²) in [5.41, 5.74) is 1.06. The molecule has 0 saturated carbocycles. The average Bonchev–Trinajstić information content (AvgIpc) is 2.74. The van der Waals surface area contributed by atoms with Gasteiger partial charge in [-0.05, 0) is 12.5 Å². The number of H-pyrrole nitrogens is 1. The lowest BCUT2D eigenvalue weighted by molar-refractivity contribution is 0.0337. The van der Waals surface area contributed by atoms with Gasteiger partial charge in [0.15, 0.2) is 0 Å². The van der Waals surface area contributed by atoms with Gasteiger partial charge in [-0.15, -0.1) is 5.10 Å². The van der Waals surface area contributed by atoms with Crippen LogP contribution >= 0.6 is 0 Å². The van der Waals surface area contributed by atoms with Gasteiger partial charge in [0, 0.05) is 0 Å². The molecule has 0 aliphatic rings. The molecule has 5 heteroatoms. The molecule has 0 saturated heterocycles. The molecule has 1 atom stereocenters. The minimum atomic E-state index is -0.565. The first kappa shape index (κ1) is 10.6. The summed E-state index contributed by atoms with van der Waals surface area (Å²) in [5.74, 6) is -0.300. The summed E-state index contributed by atoms with van der Waals surface area (Å²) in [6.07, 6.45) is -0.348. The SMILES string of the molecule is CC(OCc1ccccc1)c1n[nH]c(=O)o1. The Morgan fingerprint density at radius 3 is 2.81 bits per heavy atom. The zero-order valence-corrected chi connectivity index (χ0v) is 8.84. The quantitative estimate of drug-likeness (QED) is 0.850. The number of rotatable bonds is 4. The maximum Gasteiger partial charge on any atom is 0.434 e. The molecule has 0 aliphatic heterocycles. The lowest BCUT2D eigenvalue weighted by atomic mass is 10.2. The van der Waals surface area contributed by atoms with Crippen LogP contribution in [0, 0.1) is 0 Å². The van der Waals surface area contributed by atoms with Gasteiger partial charge in [0.2, 0.25) is 5.89 Å². The molecule has 1 heterocycles. The Morgan fingerprint density at radius 1 is 1.44 bits per heavy atom. The van der Waals surface area contributed by atoms with Crippen LogP contribution in [-0.2, 0) is 11.3 Å². The summed E-state index contributed by atoms with van der Waals surface area (Å²) >= 11 is 0. The number of hydrogen-bond donors (Lipinski definition) is 1. The van der Waals surface area contributed by atoms with Crippen LogP contribution in [0.15, 0.2) is 39.5 Å². The normalized spacial score (nSPS) is 12.6. The highest BCUT2D eigenvalue weighted by Crippen LogP contribution is 2.14. The second-order valence-electron chi connectivity index (χ2n) is 3.39. The monoisotopic (exact) mass is 220 g/mol. The molecule has 16 heavy (non-hydrogen) atoms. The van der Waals surface area contributed by atoms with Gasteiger partial charge in [-0.25, -0.2) is 9.89 Å². The van der Waals surface area contributed by atoms with E-state index in [9.17, 15) is 4.79 Å². The van der Waals surface area contributed by atoms with Gasteiger partial charge in [0.25, 0.3) is 0 Å². The van der Waals surface area contributed by atoms with Crippen molar-refractivity contribution >= 4 is 0 Å². The van der Waals surface area contributed by atoms with Crippen molar-refractivity contribution in [2.75, 3.05) is 0 Å². The number of nitrogens with zero attached hydrogens (tertiary/aromatic N) is 1. The van der Waals surface area contributed by atoms with Crippen LogP contribution in [0.25, 0.3) is 0 Å². The first-order valence-electron chi connectivity index (χ1n) is 4.96. The maximum absolute atomic E-state index is 10.7. The van der Waals surface area contributed by atoms with E-state index in [1.54, 1.807) is 6.92 Å². The second kappa shape index (κ2) is 4.76. The molecule has 1 unspecified atom stereocenters. The molecule has 5 nitrogen and oxygen atoms in total. The van der Waals surface area contributed by atoms with E-state index < -0.39 is 5.76 Å². The fourth-order valence-electron chi connectivity index (χ4n) is 1.28. The summed E-state index contributed by atoms with van der Waals surface area (Å²) in [7, 11) is 0. The van der Waals surface area contributed by atoms with E-state index in [0.29, 0.717) is 6.61 Å². The number of benzene rings is 1. The van der Waals surface area contributed by atoms with Gasteiger partial charge < -0.3 is 9.15 Å². The Hall–Kier alpha value is -1.88. The molecular weight excluding hydrogens is 208 g/mol. The first-order valence-corrected chi connectivity index (χ1v) is 4.96. The van der Waals surface area contributed by atoms with Crippen molar-refractivity contribution in [3.05, 3.63) is 52.3 Å². The van der Waals surface area contributed by atoms with Crippen molar-refractivity contribution in [1.29, 1.82) is 0 Å². The van der Waals surface area contributed by atoms with Crippen molar-refractivity contribution < 1.29 is 9.15 Å². The van der Waals surface area contributed by atoms with Crippen molar-refractivity contribution in [1.82, 2.24) is 10.2 Å². The van der Waals surface area contributed by atoms with Gasteiger partial charge in [-0.3, -0.25) is 0 Å². The predicted molar refractivity (Wildman–Crippen MR) is 56.8 cm³/mol. The van der Waals surface area contributed by atoms with Crippen molar-refractivity contribution in [2.24, 2.45) is 0 Å². The number of nitrogens with one attached hydrogen (secondary N) is 1. The number of aromatic amines is 1. The van der Waals surface area contributed by atoms with Crippen LogP contribution in [0.3, 0.4) is 0 Å². The molecule has 0 spiro atoms. The van der Waals surface area contributed by atoms with E-state index in [0.717, 1.165) is 5.56 Å². The largest absolute Gasteiger partial charge is 0.434 e. The highest BCUT2D eigenvalue weighted by atomic mass is 16.5. The highest BCUT2D eigenvalue weighted by Gasteiger charge is 2.12. The third kappa shape index (κ3) is 2.58. The van der Waals surface area contributed by atoms with E-state index in [2.05, 4.69) is 10.2 Å². The van der Waals surface area contributed by atoms with Gasteiger partial charge in [0.1, 0.15) is 6.10 Å². The Labute approximate surface area is 92.1 Å². The van der Waals surface area contributed by atoms with Gasteiger partial charge in [-0.1, -0.05) is 30.3 Å². The van der Waals surface area contributed by atoms with Crippen LogP contribution < -0.4 is 5.76 Å². The Balaban J connectivity index is 1.94. The van der Waals surface area contributed by atoms with Crippen LogP contribution in [-0.4, -0.2) is 10.2 Å². The molecule has 1 aromatic carbocycles. The van der Waals surface area contributed by atoms with Crippen molar-refractivity contribution in [3.63, 3.8) is 0 Å². The minimum Gasteiger partial charge on any atom is -0.390 e. The number of aromatic nitrogens is 2. The molecule has 84 valence electrons. The molecule has 0 amide bonds. The van der Waals surface area contributed by atoms with E-state index in [4.69, 9.17) is 9.15 Å². The average molecular weight is 220 g/mol. The molecular formula is C11H12N2O3. The van der Waals surface area contributed by atoms with E-state index >= 15 is 0 Å². The van der Waals surface area contributed by atoms with Crippen LogP contribution in [0.1, 0.15) is 24.5 Å². The smallest absolute Gasteiger partial charge is 0.390 e. The number of hydrogen-bond acceptors (Lipinski definition) is 4. The Morgan fingerprint density at radius 2 is 2.19 bits per heavy atom. The van der Waals surface area contributed by atoms with Gasteiger partial charge in [0.05, 0.1) is 6.61 Å². The molecule has 2 aromatic rings. The summed E-state index contributed by atoms with van der Waals surface area (Å²) in [4.78, 5) is 10.7. The third-order valence-electron chi connectivity index (χ3n) is 2.15. The Kier molecular flexibility index (Phi) is 3.16. The van der Waals surface area contributed by atoms with E-state index in [-0.39, 0.29) is 12.0 Å². The van der Waals surface area contributed by atoms with Gasteiger partial charge >= 0.3 is 5.76 Å². The fraction of sp³-hybridized carbons (Fsp3) is 0.273. The fourth-order valence-corrected chi connectivity index (χ4v) is 1.28. The minimum absolute atomic E-state index is 0.265. The zero-order valence-electron chi connectivity index (χ0n) is 8.84. The molecule has 0 radical (unpaired) electrons. The van der Waals surface area contributed by atoms with Crippen LogP contribution in [0.5, 0.6) is 0 Å². The van der Waals surface area contributed by atoms with Gasteiger partial charge in [-0.2, -0.15) is 0 Å². The molecule has 2 rings (SSSR count). The summed E-state index contributed by atoms with van der Waals surface area (Å²) in [6, 6.07) is 9.76. The molecule has 0 bridgehead atoms. The molecule has 1 N–H and O–H groups in total. The summed E-state index contributed by atoms with van der Waals surface area (Å²) in [6.45, 7) is 2.24. The lowest BCUT2D eigenvalue weighted by Crippen LogP contribution is -2.01. The van der Waals surface area contributed by atoms with E-state index in [1.165, 1.54) is 0 Å². The second-order valence-corrected chi connectivity index (χ2v) is 3.39. The third-order valence-corrected chi connectivity index (χ3v) is 2.15. The molecule has 0 fully saturated rings. The Bertz CT molecular complexity index is 489. The van der Waals surface area contributed by atoms with Crippen LogP contribution in [0.2, 0.25) is 0 Å². The highest BCUT2D eigenvalue weighted by molar-refractivity contribution is 5.13. The van der Waals surface area contributed by atoms with Crippen molar-refractivity contribution in [3.8, 4) is 0 Å². The lowest BCUT2D eigenvalue weighted by Gasteiger charge is -2.08. The van der Waals surface area contributed by atoms with Crippen molar-refractivity contribution in [2.45, 2.75) is 19.6 Å². The zero-order chi connectivity index (χ0) is 11.4. The predicted octanol–water partition coefficient (Wildman–Crippen LogP) is 1.64. The summed E-state index contributed by atoms with van der Waals surface area (Å²) in [5, 5.41) is 5.89. The summed E-state index contributed by atoms with van der Waals surface area (Å²) < 4.78 is 10.3.